The maximum absolute atomic E-state index is 13.4. The maximum atomic E-state index is 13.4. The molecule has 3 aromatic carbocycles. The highest BCUT2D eigenvalue weighted by molar-refractivity contribution is 9.11. The summed E-state index contributed by atoms with van der Waals surface area (Å²) < 4.78 is 174. The zero-order chi connectivity index (χ0) is 65.8. The normalized spacial score (nSPS) is 16.7. The van der Waals surface area contributed by atoms with Gasteiger partial charge in [-0.1, -0.05) is 0 Å². The van der Waals surface area contributed by atoms with Gasteiger partial charge in [-0.15, -0.1) is 11.3 Å². The molecule has 45 heteroatoms. The van der Waals surface area contributed by atoms with Crippen LogP contribution in [-0.2, 0) is 59.3 Å². The van der Waals surface area contributed by atoms with Crippen molar-refractivity contribution in [2.24, 2.45) is 26.3 Å². The summed E-state index contributed by atoms with van der Waals surface area (Å²) in [6.45, 7) is 0.128. The number of sulfonamides is 3. The molecule has 0 bridgehead atoms. The molecule has 0 saturated heterocycles. The first-order chi connectivity index (χ1) is 42.3. The molecule has 1 unspecified atom stereocenters. The van der Waals surface area contributed by atoms with E-state index >= 15 is 0 Å². The molecular formula is C45H54Br3F3N18O15S6. The van der Waals surface area contributed by atoms with Gasteiger partial charge in [0, 0.05) is 55.7 Å². The molecule has 6 aromatic rings. The van der Waals surface area contributed by atoms with E-state index in [9.17, 15) is 66.7 Å². The average Bonchev–Trinajstić information content (AvgIpc) is 1.88. The first-order valence-electron chi connectivity index (χ1n) is 25.7. The summed E-state index contributed by atoms with van der Waals surface area (Å²) >= 11 is 9.13. The molecule has 90 heavy (non-hydrogen) atoms. The lowest BCUT2D eigenvalue weighted by Gasteiger charge is -2.07. The van der Waals surface area contributed by atoms with Crippen LogP contribution < -0.4 is 32.4 Å². The van der Waals surface area contributed by atoms with Crippen LogP contribution in [0.1, 0.15) is 55.6 Å². The predicted molar refractivity (Wildman–Crippen MR) is 334 cm³/mol. The molecular weight excluding hydrogens is 1520 g/mol. The fourth-order valence-corrected chi connectivity index (χ4v) is 19.3. The van der Waals surface area contributed by atoms with E-state index in [0.717, 1.165) is 0 Å². The Hall–Kier alpha value is -6.30. The standard InChI is InChI=1S/3C15H18BrFN6O5S2/c3*1-29(25,23-30(26,27)10-3-4-10)7-6-18-14-13(21-28-22-14)15(20-24)19-9-2-5-12(17)11(16)8-9/h3*2,5,8,10,24H,3-4,6-7H2,1H3,(H,18,22)(H,19,20)/t2*29-;/m10./s1. The first-order valence-corrected chi connectivity index (χ1v) is 38.9. The number of amidine groups is 3. The van der Waals surface area contributed by atoms with Crippen LogP contribution in [0.5, 0.6) is 0 Å². The Morgan fingerprint density at radius 2 is 0.700 bits per heavy atom. The van der Waals surface area contributed by atoms with Crippen LogP contribution in [0.15, 0.2) is 108 Å². The molecule has 3 saturated carbocycles. The zero-order valence-electron chi connectivity index (χ0n) is 46.7. The van der Waals surface area contributed by atoms with E-state index in [1.54, 1.807) is 0 Å². The fourth-order valence-electron chi connectivity index (χ4n) is 6.95. The highest BCUT2D eigenvalue weighted by atomic mass is 79.9. The van der Waals surface area contributed by atoms with Crippen molar-refractivity contribution in [3.63, 3.8) is 0 Å². The molecule has 33 nitrogen and oxygen atoms in total. The third-order valence-corrected chi connectivity index (χ3v) is 26.8. The van der Waals surface area contributed by atoms with Crippen molar-refractivity contribution in [2.75, 3.05) is 71.6 Å². The van der Waals surface area contributed by atoms with E-state index in [2.05, 4.69) is 135 Å². The van der Waals surface area contributed by atoms with Crippen LogP contribution in [0.3, 0.4) is 0 Å². The second-order valence-corrected chi connectivity index (χ2v) is 36.0. The average molecular weight is 1580 g/mol. The largest absolute Gasteiger partial charge is 0.364 e. The Morgan fingerprint density at radius 3 is 0.911 bits per heavy atom. The van der Waals surface area contributed by atoms with E-state index in [1.165, 1.54) is 73.4 Å². The van der Waals surface area contributed by atoms with Gasteiger partial charge in [0.2, 0.25) is 17.5 Å². The molecule has 492 valence electrons. The SMILES string of the molecule is CS(=O)(CCNc1nonc1C(=Nc1ccc(F)c(Br)c1)NO)=NS(=O)(=O)C1CC1.C[S@@](=O)(CCNc1nonc1C(=Nc1ccc(F)c(Br)c1)NO)=NS(=O)(=O)C1CC1.C[S@](=O)(CCNc1nonc1C(=Nc1ccc(F)c(Br)c1)NO)=NS(=O)(=O)C1CC1. The lowest BCUT2D eigenvalue weighted by atomic mass is 10.3. The number of aromatic nitrogens is 6. The number of hydroxylamine groups is 3. The minimum absolute atomic E-state index is 0.00286. The lowest BCUT2D eigenvalue weighted by Crippen LogP contribution is -2.23. The van der Waals surface area contributed by atoms with E-state index in [-0.39, 0.29) is 102 Å². The van der Waals surface area contributed by atoms with Crippen molar-refractivity contribution in [2.45, 2.75) is 54.3 Å². The van der Waals surface area contributed by atoms with Gasteiger partial charge in [-0.3, -0.25) is 32.1 Å². The quantitative estimate of drug-likeness (QED) is 0.0188. The topological polar surface area (TPSA) is 477 Å². The highest BCUT2D eigenvalue weighted by Crippen LogP contribution is 2.33. The number of nitrogens with one attached hydrogen (secondary N) is 6. The van der Waals surface area contributed by atoms with Gasteiger partial charge in [0.1, 0.15) is 17.5 Å². The monoisotopic (exact) mass is 1570 g/mol. The molecule has 0 spiro atoms. The van der Waals surface area contributed by atoms with Gasteiger partial charge < -0.3 is 16.0 Å². The van der Waals surface area contributed by atoms with Gasteiger partial charge in [0.15, 0.2) is 34.6 Å². The number of halogens is 6. The number of anilines is 3. The van der Waals surface area contributed by atoms with Crippen molar-refractivity contribution in [1.82, 2.24) is 47.4 Å². The fraction of sp³-hybridized carbons (Fsp3) is 0.400. The van der Waals surface area contributed by atoms with E-state index in [0.29, 0.717) is 55.6 Å². The van der Waals surface area contributed by atoms with Gasteiger partial charge in [-0.25, -0.2) is 79.9 Å². The second-order valence-electron chi connectivity index (χ2n) is 19.5. The first kappa shape index (κ1) is 71.1. The Bertz CT molecular complexity index is 4010. The van der Waals surface area contributed by atoms with Gasteiger partial charge in [-0.2, -0.15) is 0 Å². The number of aliphatic imine (C=N–C) groups is 3. The number of hydrogen-bond acceptors (Lipinski definition) is 27. The highest BCUT2D eigenvalue weighted by Gasteiger charge is 2.38. The summed E-state index contributed by atoms with van der Waals surface area (Å²) in [6, 6.07) is 11.9. The Labute approximate surface area is 537 Å². The summed E-state index contributed by atoms with van der Waals surface area (Å²) in [6.07, 6.45) is 7.02. The molecule has 3 aliphatic carbocycles. The van der Waals surface area contributed by atoms with Crippen LogP contribution in [0.2, 0.25) is 0 Å². The van der Waals surface area contributed by atoms with Gasteiger partial charge in [0.25, 0.3) is 30.1 Å². The molecule has 3 aromatic heterocycles. The van der Waals surface area contributed by atoms with Gasteiger partial charge in [-0.05, 0) is 172 Å². The summed E-state index contributed by atoms with van der Waals surface area (Å²) in [5.74, 6) is -1.88. The van der Waals surface area contributed by atoms with Crippen LogP contribution in [0.4, 0.5) is 47.7 Å². The van der Waals surface area contributed by atoms with Crippen molar-refractivity contribution in [3.05, 3.63) is 103 Å². The molecule has 3 atom stereocenters. The van der Waals surface area contributed by atoms with Gasteiger partial charge >= 0.3 is 0 Å². The molecule has 3 heterocycles. The van der Waals surface area contributed by atoms with Crippen LogP contribution in [0.25, 0.3) is 0 Å². The van der Waals surface area contributed by atoms with E-state index in [1.807, 2.05) is 16.4 Å². The number of benzene rings is 3. The Kier molecular flexibility index (Phi) is 24.1. The van der Waals surface area contributed by atoms with Gasteiger partial charge in [0.05, 0.1) is 75.4 Å². The smallest absolute Gasteiger partial charge is 0.263 e. The van der Waals surface area contributed by atoms with Crippen LogP contribution in [-0.4, -0.2) is 173 Å². The number of rotatable bonds is 24. The summed E-state index contributed by atoms with van der Waals surface area (Å²) in [5, 5.41) is 57.0. The third-order valence-electron chi connectivity index (χ3n) is 11.8. The molecule has 9 rings (SSSR count). The molecule has 0 aliphatic heterocycles. The predicted octanol–water partition coefficient (Wildman–Crippen LogP) is 6.09. The Balaban J connectivity index is 0.000000192. The lowest BCUT2D eigenvalue weighted by molar-refractivity contribution is 0.233. The minimum Gasteiger partial charge on any atom is -0.364 e. The van der Waals surface area contributed by atoms with Crippen LogP contribution >= 0.6 is 47.8 Å². The Morgan fingerprint density at radius 1 is 0.456 bits per heavy atom. The minimum atomic E-state index is -3.71. The van der Waals surface area contributed by atoms with Crippen molar-refractivity contribution >= 4 is 159 Å². The zero-order valence-corrected chi connectivity index (χ0v) is 56.4. The molecule has 3 aliphatic rings. The maximum Gasteiger partial charge on any atom is 0.263 e. The van der Waals surface area contributed by atoms with Crippen LogP contribution in [0, 0.1) is 17.5 Å². The summed E-state index contributed by atoms with van der Waals surface area (Å²) in [4.78, 5) is 12.3. The van der Waals surface area contributed by atoms with Crippen molar-refractivity contribution in [1.29, 1.82) is 0 Å². The third kappa shape index (κ3) is 21.1. The number of hydrogen-bond donors (Lipinski definition) is 9. The summed E-state index contributed by atoms with van der Waals surface area (Å²) in [7, 11) is -20.1. The number of nitrogens with zero attached hydrogens (tertiary/aromatic N) is 12. The molecule has 9 N–H and O–H groups in total. The van der Waals surface area contributed by atoms with Crippen molar-refractivity contribution in [3.8, 4) is 0 Å². The molecule has 3 fully saturated rings. The van der Waals surface area contributed by atoms with Crippen molar-refractivity contribution < 1.29 is 80.6 Å². The van der Waals surface area contributed by atoms with E-state index in [4.69, 9.17) is 0 Å². The van der Waals surface area contributed by atoms with E-state index < -0.39 is 92.5 Å². The molecule has 0 radical (unpaired) electrons. The molecule has 0 amide bonds. The summed E-state index contributed by atoms with van der Waals surface area (Å²) in [5.41, 5.74) is 6.52. The second kappa shape index (κ2) is 30.4.